The van der Waals surface area contributed by atoms with Gasteiger partial charge in [0.25, 0.3) is 0 Å². The van der Waals surface area contributed by atoms with Crippen molar-refractivity contribution >= 4 is 0 Å². The Bertz CT molecular complexity index is 253. The topological polar surface area (TPSA) is 15.7 Å². The van der Waals surface area contributed by atoms with Gasteiger partial charge in [-0.15, -0.1) is 0 Å². The van der Waals surface area contributed by atoms with Gasteiger partial charge in [0.15, 0.2) is 0 Å². The summed E-state index contributed by atoms with van der Waals surface area (Å²) in [5.41, 5.74) is 1.25. The molecule has 1 saturated heterocycles. The molecule has 1 heterocycles. The van der Waals surface area contributed by atoms with E-state index in [1.54, 1.807) is 7.11 Å². The van der Waals surface area contributed by atoms with Crippen molar-refractivity contribution in [2.24, 2.45) is 5.41 Å². The molecule has 0 aromatic carbocycles. The smallest absolute Gasteiger partial charge is 0.0567 e. The lowest BCUT2D eigenvalue weighted by molar-refractivity contribution is 0.0775. The summed E-state index contributed by atoms with van der Waals surface area (Å²) in [7, 11) is 1.76. The predicted octanol–water partition coefficient (Wildman–Crippen LogP) is 2.20. The van der Waals surface area contributed by atoms with Gasteiger partial charge in [0.05, 0.1) is 6.61 Å². The first-order valence-corrected chi connectivity index (χ1v) is 6.56. The van der Waals surface area contributed by atoms with E-state index in [1.165, 1.54) is 5.70 Å². The van der Waals surface area contributed by atoms with Crippen LogP contribution in [0.15, 0.2) is 12.3 Å². The average Bonchev–Trinajstić information content (AvgIpc) is 2.28. The minimum absolute atomic E-state index is 0.0365. The molecule has 0 aliphatic carbocycles. The van der Waals surface area contributed by atoms with E-state index < -0.39 is 0 Å². The fourth-order valence-corrected chi connectivity index (χ4v) is 2.38. The third-order valence-electron chi connectivity index (χ3n) is 3.71. The highest BCUT2D eigenvalue weighted by atomic mass is 16.5. The Labute approximate surface area is 106 Å². The van der Waals surface area contributed by atoms with E-state index in [9.17, 15) is 0 Å². The fraction of sp³-hybridized carbons (Fsp3) is 0.857. The van der Waals surface area contributed by atoms with E-state index in [0.717, 1.165) is 32.8 Å². The van der Waals surface area contributed by atoms with Gasteiger partial charge in [-0.2, -0.15) is 0 Å². The van der Waals surface area contributed by atoms with E-state index >= 15 is 0 Å². The Balaban J connectivity index is 2.51. The molecule has 1 fully saturated rings. The van der Waals surface area contributed by atoms with Crippen LogP contribution in [0.3, 0.4) is 0 Å². The number of piperazine rings is 1. The van der Waals surface area contributed by atoms with Crippen LogP contribution in [0.1, 0.15) is 27.7 Å². The maximum Gasteiger partial charge on any atom is 0.0567 e. The highest BCUT2D eigenvalue weighted by Crippen LogP contribution is 2.28. The Hall–Kier alpha value is -0.540. The van der Waals surface area contributed by atoms with Crippen molar-refractivity contribution in [1.29, 1.82) is 0 Å². The molecule has 0 aromatic heterocycles. The van der Waals surface area contributed by atoms with E-state index in [4.69, 9.17) is 4.74 Å². The average molecular weight is 240 g/mol. The molecular weight excluding hydrogens is 212 g/mol. The van der Waals surface area contributed by atoms with Crippen LogP contribution in [0.4, 0.5) is 0 Å². The molecule has 0 unspecified atom stereocenters. The number of hydrogen-bond donors (Lipinski definition) is 0. The molecule has 1 rings (SSSR count). The van der Waals surface area contributed by atoms with Crippen molar-refractivity contribution in [2.45, 2.75) is 33.7 Å². The Kier molecular flexibility index (Phi) is 5.02. The van der Waals surface area contributed by atoms with Gasteiger partial charge in [-0.25, -0.2) is 0 Å². The third-order valence-corrected chi connectivity index (χ3v) is 3.71. The molecule has 0 spiro atoms. The van der Waals surface area contributed by atoms with Gasteiger partial charge in [-0.3, -0.25) is 4.90 Å². The van der Waals surface area contributed by atoms with Crippen molar-refractivity contribution in [3.8, 4) is 0 Å². The Morgan fingerprint density at radius 1 is 1.24 bits per heavy atom. The van der Waals surface area contributed by atoms with Crippen LogP contribution in [0.2, 0.25) is 0 Å². The first-order chi connectivity index (χ1) is 7.88. The predicted molar refractivity (Wildman–Crippen MR) is 73.1 cm³/mol. The molecule has 1 aliphatic heterocycles. The quantitative estimate of drug-likeness (QED) is 0.733. The third kappa shape index (κ3) is 3.71. The second-order valence-corrected chi connectivity index (χ2v) is 5.88. The van der Waals surface area contributed by atoms with Crippen molar-refractivity contribution in [2.75, 3.05) is 39.9 Å². The van der Waals surface area contributed by atoms with Crippen molar-refractivity contribution in [1.82, 2.24) is 9.80 Å². The van der Waals surface area contributed by atoms with Gasteiger partial charge in [0.2, 0.25) is 0 Å². The monoisotopic (exact) mass is 240 g/mol. The van der Waals surface area contributed by atoms with Gasteiger partial charge in [0.1, 0.15) is 0 Å². The first-order valence-electron chi connectivity index (χ1n) is 6.56. The van der Waals surface area contributed by atoms with Crippen LogP contribution >= 0.6 is 0 Å². The molecule has 0 saturated carbocycles. The van der Waals surface area contributed by atoms with Crippen molar-refractivity contribution < 1.29 is 4.74 Å². The molecule has 17 heavy (non-hydrogen) atoms. The molecular formula is C14H28N2O. The molecule has 0 aromatic rings. The van der Waals surface area contributed by atoms with Crippen molar-refractivity contribution in [3.05, 3.63) is 12.3 Å². The van der Waals surface area contributed by atoms with Crippen LogP contribution in [0.25, 0.3) is 0 Å². The SMILES string of the molecule is C=C(N1CCN(C(C)C)CC1)C(C)(C)COC. The Morgan fingerprint density at radius 2 is 1.76 bits per heavy atom. The number of ether oxygens (including phenoxy) is 1. The second kappa shape index (κ2) is 5.87. The normalized spacial score (nSPS) is 18.8. The number of methoxy groups -OCH3 is 1. The van der Waals surface area contributed by atoms with Crippen molar-refractivity contribution in [3.63, 3.8) is 0 Å². The minimum atomic E-state index is 0.0365. The van der Waals surface area contributed by atoms with E-state index in [0.29, 0.717) is 6.04 Å². The zero-order valence-corrected chi connectivity index (χ0v) is 12.1. The summed E-state index contributed by atoms with van der Waals surface area (Å²) < 4.78 is 5.28. The van der Waals surface area contributed by atoms with Gasteiger partial charge in [-0.05, 0) is 13.8 Å². The summed E-state index contributed by atoms with van der Waals surface area (Å²) >= 11 is 0. The van der Waals surface area contributed by atoms with E-state index in [-0.39, 0.29) is 5.41 Å². The zero-order valence-electron chi connectivity index (χ0n) is 12.1. The van der Waals surface area contributed by atoms with Crippen LogP contribution < -0.4 is 0 Å². The molecule has 1 aliphatic rings. The molecule has 3 heteroatoms. The fourth-order valence-electron chi connectivity index (χ4n) is 2.38. The lowest BCUT2D eigenvalue weighted by Gasteiger charge is -2.43. The molecule has 0 radical (unpaired) electrons. The minimum Gasteiger partial charge on any atom is -0.384 e. The lowest BCUT2D eigenvalue weighted by Crippen LogP contribution is -2.50. The van der Waals surface area contributed by atoms with E-state index in [1.807, 2.05) is 0 Å². The highest BCUT2D eigenvalue weighted by Gasteiger charge is 2.28. The van der Waals surface area contributed by atoms with E-state index in [2.05, 4.69) is 44.1 Å². The zero-order chi connectivity index (χ0) is 13.1. The molecule has 3 nitrogen and oxygen atoms in total. The molecule has 0 amide bonds. The number of rotatable bonds is 5. The van der Waals surface area contributed by atoms with Crippen LogP contribution in [-0.4, -0.2) is 55.7 Å². The van der Waals surface area contributed by atoms with Gasteiger partial charge < -0.3 is 9.64 Å². The maximum absolute atomic E-state index is 5.28. The Morgan fingerprint density at radius 3 is 2.18 bits per heavy atom. The number of hydrogen-bond acceptors (Lipinski definition) is 3. The molecule has 0 atom stereocenters. The number of nitrogens with zero attached hydrogens (tertiary/aromatic N) is 2. The molecule has 0 bridgehead atoms. The summed E-state index contributed by atoms with van der Waals surface area (Å²) in [5.74, 6) is 0. The van der Waals surface area contributed by atoms with Crippen LogP contribution in [-0.2, 0) is 4.74 Å². The van der Waals surface area contributed by atoms with Gasteiger partial charge in [-0.1, -0.05) is 20.4 Å². The molecule has 0 N–H and O–H groups in total. The van der Waals surface area contributed by atoms with Crippen LogP contribution in [0.5, 0.6) is 0 Å². The lowest BCUT2D eigenvalue weighted by atomic mass is 9.89. The summed E-state index contributed by atoms with van der Waals surface area (Å²) in [6, 6.07) is 0.650. The summed E-state index contributed by atoms with van der Waals surface area (Å²) in [4.78, 5) is 4.94. The second-order valence-electron chi connectivity index (χ2n) is 5.88. The largest absolute Gasteiger partial charge is 0.384 e. The maximum atomic E-state index is 5.28. The highest BCUT2D eigenvalue weighted by molar-refractivity contribution is 5.07. The molecule has 100 valence electrons. The van der Waals surface area contributed by atoms with Crippen LogP contribution in [0, 0.1) is 5.41 Å². The first kappa shape index (κ1) is 14.5. The van der Waals surface area contributed by atoms with Gasteiger partial charge in [0, 0.05) is 50.4 Å². The summed E-state index contributed by atoms with van der Waals surface area (Å²) in [5, 5.41) is 0. The standard InChI is InChI=1S/C14H28N2O/c1-12(2)15-7-9-16(10-8-15)13(3)14(4,5)11-17-6/h12H,3,7-11H2,1-2,4-6H3. The summed E-state index contributed by atoms with van der Waals surface area (Å²) in [6.45, 7) is 18.4. The summed E-state index contributed by atoms with van der Waals surface area (Å²) in [6.07, 6.45) is 0. The van der Waals surface area contributed by atoms with Gasteiger partial charge >= 0.3 is 0 Å².